The van der Waals surface area contributed by atoms with Gasteiger partial charge in [0.15, 0.2) is 0 Å². The largest absolute Gasteiger partial charge is 0.340 e. The highest BCUT2D eigenvalue weighted by Gasteiger charge is 2.23. The van der Waals surface area contributed by atoms with E-state index in [1.54, 1.807) is 19.0 Å². The molecule has 0 aliphatic carbocycles. The number of hydrogen-bond acceptors (Lipinski definition) is 4. The number of carbonyl (C=O) groups is 1. The summed E-state index contributed by atoms with van der Waals surface area (Å²) in [5, 5.41) is 14.1. The molecule has 1 N–H and O–H groups in total. The number of nitrogens with one attached hydrogen (secondary N) is 1. The van der Waals surface area contributed by atoms with Gasteiger partial charge < -0.3 is 14.8 Å². The lowest BCUT2D eigenvalue weighted by Gasteiger charge is -2.27. The summed E-state index contributed by atoms with van der Waals surface area (Å²) in [7, 11) is 3.39. The molecule has 2 heterocycles. The van der Waals surface area contributed by atoms with Crippen LogP contribution < -0.4 is 5.32 Å². The molecular weight excluding hydrogens is 260 g/mol. The van der Waals surface area contributed by atoms with Crippen LogP contribution in [0.5, 0.6) is 0 Å². The highest BCUT2D eigenvalue weighted by atomic mass is 16.6. The van der Waals surface area contributed by atoms with E-state index in [1.807, 2.05) is 0 Å². The zero-order valence-electron chi connectivity index (χ0n) is 11.8. The number of hydrogen-bond donors (Lipinski definition) is 1. The number of aromatic nitrogens is 1. The Morgan fingerprint density at radius 1 is 1.65 bits per heavy atom. The molecule has 1 aromatic rings. The third kappa shape index (κ3) is 3.16. The highest BCUT2D eigenvalue weighted by Crippen LogP contribution is 2.18. The summed E-state index contributed by atoms with van der Waals surface area (Å²) in [6, 6.07) is 1.33. The van der Waals surface area contributed by atoms with E-state index in [1.165, 1.54) is 16.8 Å². The topological polar surface area (TPSA) is 80.4 Å². The van der Waals surface area contributed by atoms with Gasteiger partial charge in [-0.2, -0.15) is 0 Å². The normalized spacial score (nSPS) is 18.8. The zero-order valence-corrected chi connectivity index (χ0v) is 11.8. The van der Waals surface area contributed by atoms with Crippen molar-refractivity contribution in [1.82, 2.24) is 14.8 Å². The Bertz CT molecular complexity index is 506. The monoisotopic (exact) mass is 280 g/mol. The lowest BCUT2D eigenvalue weighted by atomic mass is 9.99. The molecule has 7 nitrogen and oxygen atoms in total. The maximum atomic E-state index is 12.3. The third-order valence-corrected chi connectivity index (χ3v) is 3.70. The molecule has 7 heteroatoms. The Morgan fingerprint density at radius 3 is 2.95 bits per heavy atom. The van der Waals surface area contributed by atoms with Gasteiger partial charge in [0.25, 0.3) is 11.6 Å². The zero-order chi connectivity index (χ0) is 14.7. The first-order chi connectivity index (χ1) is 9.49. The van der Waals surface area contributed by atoms with Crippen molar-refractivity contribution < 1.29 is 9.72 Å². The fraction of sp³-hybridized carbons (Fsp3) is 0.615. The Hall–Kier alpha value is -1.89. The quantitative estimate of drug-likeness (QED) is 0.659. The first-order valence-corrected chi connectivity index (χ1v) is 6.76. The third-order valence-electron chi connectivity index (χ3n) is 3.70. The van der Waals surface area contributed by atoms with Crippen LogP contribution in [0.1, 0.15) is 23.3 Å². The van der Waals surface area contributed by atoms with Crippen LogP contribution in [0.2, 0.25) is 0 Å². The van der Waals surface area contributed by atoms with E-state index in [9.17, 15) is 14.9 Å². The second kappa shape index (κ2) is 6.04. The van der Waals surface area contributed by atoms with Gasteiger partial charge in [0.2, 0.25) is 0 Å². The van der Waals surface area contributed by atoms with Crippen LogP contribution in [-0.2, 0) is 7.05 Å². The Kier molecular flexibility index (Phi) is 4.39. The van der Waals surface area contributed by atoms with E-state index in [0.29, 0.717) is 18.2 Å². The van der Waals surface area contributed by atoms with E-state index in [2.05, 4.69) is 5.32 Å². The molecule has 2 rings (SSSR count). The van der Waals surface area contributed by atoms with Gasteiger partial charge >= 0.3 is 0 Å². The summed E-state index contributed by atoms with van der Waals surface area (Å²) in [6.45, 7) is 2.63. The van der Waals surface area contributed by atoms with Gasteiger partial charge in [-0.3, -0.25) is 14.9 Å². The lowest BCUT2D eigenvalue weighted by Crippen LogP contribution is -2.39. The molecule has 0 bridgehead atoms. The molecule has 1 aliphatic heterocycles. The Morgan fingerprint density at radius 2 is 2.40 bits per heavy atom. The summed E-state index contributed by atoms with van der Waals surface area (Å²) >= 11 is 0. The molecule has 1 unspecified atom stereocenters. The van der Waals surface area contributed by atoms with Crippen molar-refractivity contribution in [2.24, 2.45) is 13.0 Å². The second-order valence-electron chi connectivity index (χ2n) is 5.35. The summed E-state index contributed by atoms with van der Waals surface area (Å²) < 4.78 is 1.51. The van der Waals surface area contributed by atoms with E-state index in [4.69, 9.17) is 0 Å². The van der Waals surface area contributed by atoms with Gasteiger partial charge in [-0.15, -0.1) is 0 Å². The van der Waals surface area contributed by atoms with Crippen LogP contribution in [-0.4, -0.2) is 47.0 Å². The molecule has 0 spiro atoms. The minimum absolute atomic E-state index is 0.0522. The van der Waals surface area contributed by atoms with Gasteiger partial charge in [0.05, 0.1) is 11.1 Å². The minimum Gasteiger partial charge on any atom is -0.340 e. The summed E-state index contributed by atoms with van der Waals surface area (Å²) in [5.41, 5.74) is 0.298. The SMILES string of the molecule is CN(CC1CCCNC1)C(=O)c1cc([N+](=O)[O-])cn1C. The predicted molar refractivity (Wildman–Crippen MR) is 74.6 cm³/mol. The second-order valence-corrected chi connectivity index (χ2v) is 5.35. The van der Waals surface area contributed by atoms with Crippen molar-refractivity contribution >= 4 is 11.6 Å². The molecule has 0 radical (unpaired) electrons. The van der Waals surface area contributed by atoms with E-state index < -0.39 is 4.92 Å². The van der Waals surface area contributed by atoms with Gasteiger partial charge in [-0.05, 0) is 31.8 Å². The molecule has 0 saturated carbocycles. The fourth-order valence-electron chi connectivity index (χ4n) is 2.61. The first-order valence-electron chi connectivity index (χ1n) is 6.76. The van der Waals surface area contributed by atoms with E-state index >= 15 is 0 Å². The smallest absolute Gasteiger partial charge is 0.287 e. The van der Waals surface area contributed by atoms with Gasteiger partial charge in [0, 0.05) is 26.7 Å². The number of nitrogens with zero attached hydrogens (tertiary/aromatic N) is 3. The number of aryl methyl sites for hydroxylation is 1. The van der Waals surface area contributed by atoms with Gasteiger partial charge in [-0.25, -0.2) is 0 Å². The van der Waals surface area contributed by atoms with Gasteiger partial charge in [0.1, 0.15) is 5.69 Å². The number of rotatable bonds is 4. The van der Waals surface area contributed by atoms with Crippen LogP contribution in [0.15, 0.2) is 12.3 Å². The number of carbonyl (C=O) groups excluding carboxylic acids is 1. The molecule has 1 aliphatic rings. The minimum atomic E-state index is -0.484. The van der Waals surface area contributed by atoms with Crippen molar-refractivity contribution in [1.29, 1.82) is 0 Å². The number of amides is 1. The molecule has 1 saturated heterocycles. The number of piperidine rings is 1. The van der Waals surface area contributed by atoms with Crippen molar-refractivity contribution in [3.8, 4) is 0 Å². The van der Waals surface area contributed by atoms with E-state index in [0.717, 1.165) is 25.9 Å². The molecule has 1 atom stereocenters. The van der Waals surface area contributed by atoms with Gasteiger partial charge in [-0.1, -0.05) is 0 Å². The van der Waals surface area contributed by atoms with Crippen molar-refractivity contribution in [2.75, 3.05) is 26.7 Å². The predicted octanol–water partition coefficient (Wildman–Crippen LogP) is 1.00. The van der Waals surface area contributed by atoms with Crippen LogP contribution in [0.25, 0.3) is 0 Å². The average molecular weight is 280 g/mol. The molecule has 1 aromatic heterocycles. The fourth-order valence-corrected chi connectivity index (χ4v) is 2.61. The first kappa shape index (κ1) is 14.5. The van der Waals surface area contributed by atoms with Crippen LogP contribution >= 0.6 is 0 Å². The van der Waals surface area contributed by atoms with Crippen molar-refractivity contribution in [3.63, 3.8) is 0 Å². The number of nitro groups is 1. The van der Waals surface area contributed by atoms with Crippen LogP contribution in [0, 0.1) is 16.0 Å². The molecule has 110 valence electrons. The summed E-state index contributed by atoms with van der Waals surface area (Å²) in [5.74, 6) is 0.277. The molecule has 0 aromatic carbocycles. The average Bonchev–Trinajstić information content (AvgIpc) is 2.81. The maximum Gasteiger partial charge on any atom is 0.287 e. The summed E-state index contributed by atoms with van der Waals surface area (Å²) in [4.78, 5) is 24.2. The van der Waals surface area contributed by atoms with Crippen LogP contribution in [0.4, 0.5) is 5.69 Å². The molecular formula is C13H20N4O3. The molecule has 1 fully saturated rings. The molecule has 20 heavy (non-hydrogen) atoms. The highest BCUT2D eigenvalue weighted by molar-refractivity contribution is 5.93. The van der Waals surface area contributed by atoms with Crippen molar-refractivity contribution in [3.05, 3.63) is 28.1 Å². The van der Waals surface area contributed by atoms with E-state index in [-0.39, 0.29) is 11.6 Å². The Labute approximate surface area is 117 Å². The lowest BCUT2D eigenvalue weighted by molar-refractivity contribution is -0.384. The summed E-state index contributed by atoms with van der Waals surface area (Å²) in [6.07, 6.45) is 3.60. The maximum absolute atomic E-state index is 12.3. The Balaban J connectivity index is 2.04. The van der Waals surface area contributed by atoms with Crippen molar-refractivity contribution in [2.45, 2.75) is 12.8 Å². The molecule has 1 amide bonds. The standard InChI is InChI=1S/C13H20N4O3/c1-15-9-11(17(19)20)6-12(15)13(18)16(2)8-10-4-3-5-14-7-10/h6,9-10,14H,3-5,7-8H2,1-2H3. The van der Waals surface area contributed by atoms with Crippen LogP contribution in [0.3, 0.4) is 0 Å².